The molecule has 4 nitrogen and oxygen atoms in total. The van der Waals surface area contributed by atoms with Gasteiger partial charge in [-0.15, -0.1) is 0 Å². The summed E-state index contributed by atoms with van der Waals surface area (Å²) in [4.78, 5) is 25.5. The van der Waals surface area contributed by atoms with Gasteiger partial charge in [-0.05, 0) is 43.2 Å². The van der Waals surface area contributed by atoms with Gasteiger partial charge in [-0.3, -0.25) is 4.79 Å². The molecule has 1 saturated heterocycles. The minimum absolute atomic E-state index is 0.0133. The van der Waals surface area contributed by atoms with Crippen molar-refractivity contribution >= 4 is 11.9 Å². The highest BCUT2D eigenvalue weighted by molar-refractivity contribution is 5.97. The van der Waals surface area contributed by atoms with Crippen LogP contribution in [0.5, 0.6) is 0 Å². The van der Waals surface area contributed by atoms with Gasteiger partial charge in [0.05, 0.1) is 5.56 Å². The van der Waals surface area contributed by atoms with Gasteiger partial charge in [0.1, 0.15) is 11.9 Å². The summed E-state index contributed by atoms with van der Waals surface area (Å²) in [6, 6.07) is 3.83. The molecule has 0 spiro atoms. The predicted octanol–water partition coefficient (Wildman–Crippen LogP) is 2.46. The van der Waals surface area contributed by atoms with Crippen molar-refractivity contribution < 1.29 is 19.1 Å². The lowest BCUT2D eigenvalue weighted by molar-refractivity contribution is -0.142. The number of carbonyl (C=O) groups is 2. The number of halogens is 1. The number of rotatable bonds is 2. The lowest BCUT2D eigenvalue weighted by Gasteiger charge is -2.24. The molecule has 2 aliphatic rings. The minimum Gasteiger partial charge on any atom is -0.480 e. The SMILES string of the molecule is Cc1cccc(C(=O)N2CC3CCCC3C2C(=O)O)c1F. The van der Waals surface area contributed by atoms with E-state index >= 15 is 0 Å². The maximum Gasteiger partial charge on any atom is 0.326 e. The Kier molecular flexibility index (Phi) is 3.43. The van der Waals surface area contributed by atoms with Crippen molar-refractivity contribution in [2.75, 3.05) is 6.54 Å². The van der Waals surface area contributed by atoms with E-state index in [1.165, 1.54) is 11.0 Å². The second-order valence-corrected chi connectivity index (χ2v) is 6.03. The van der Waals surface area contributed by atoms with E-state index in [2.05, 4.69) is 0 Å². The highest BCUT2D eigenvalue weighted by Gasteiger charge is 2.49. The zero-order chi connectivity index (χ0) is 15.1. The van der Waals surface area contributed by atoms with Gasteiger partial charge >= 0.3 is 5.97 Å². The third-order valence-corrected chi connectivity index (χ3v) is 4.83. The third kappa shape index (κ3) is 2.20. The van der Waals surface area contributed by atoms with E-state index in [0.717, 1.165) is 19.3 Å². The number of aryl methyl sites for hydroxylation is 1. The van der Waals surface area contributed by atoms with Crippen molar-refractivity contribution in [2.45, 2.75) is 32.2 Å². The Morgan fingerprint density at radius 3 is 2.81 bits per heavy atom. The maximum absolute atomic E-state index is 14.1. The highest BCUT2D eigenvalue weighted by atomic mass is 19.1. The number of hydrogen-bond donors (Lipinski definition) is 1. The predicted molar refractivity (Wildman–Crippen MR) is 74.4 cm³/mol. The van der Waals surface area contributed by atoms with Crippen LogP contribution < -0.4 is 0 Å². The van der Waals surface area contributed by atoms with Crippen LogP contribution in [0.15, 0.2) is 18.2 Å². The molecule has 0 aromatic heterocycles. The summed E-state index contributed by atoms with van der Waals surface area (Å²) in [5.41, 5.74) is 0.369. The van der Waals surface area contributed by atoms with Crippen LogP contribution in [0.25, 0.3) is 0 Å². The smallest absolute Gasteiger partial charge is 0.326 e. The van der Waals surface area contributed by atoms with Crippen LogP contribution in [0.2, 0.25) is 0 Å². The Hall–Kier alpha value is -1.91. The van der Waals surface area contributed by atoms with Gasteiger partial charge in [-0.2, -0.15) is 0 Å². The number of benzene rings is 1. The number of carboxylic acid groups (broad SMARTS) is 1. The quantitative estimate of drug-likeness (QED) is 0.910. The first-order chi connectivity index (χ1) is 10.0. The maximum atomic E-state index is 14.1. The summed E-state index contributed by atoms with van der Waals surface area (Å²) in [7, 11) is 0. The Morgan fingerprint density at radius 1 is 1.33 bits per heavy atom. The van der Waals surface area contributed by atoms with Crippen molar-refractivity contribution in [1.82, 2.24) is 4.90 Å². The molecule has 1 amide bonds. The number of nitrogens with zero attached hydrogens (tertiary/aromatic N) is 1. The molecule has 21 heavy (non-hydrogen) atoms. The van der Waals surface area contributed by atoms with Crippen molar-refractivity contribution in [3.63, 3.8) is 0 Å². The van der Waals surface area contributed by atoms with Crippen LogP contribution in [-0.4, -0.2) is 34.5 Å². The van der Waals surface area contributed by atoms with Gasteiger partial charge in [0.15, 0.2) is 0 Å². The molecule has 5 heteroatoms. The topological polar surface area (TPSA) is 57.6 Å². The molecule has 1 heterocycles. The molecular formula is C16H18FNO3. The average Bonchev–Trinajstić information content (AvgIpc) is 3.00. The van der Waals surface area contributed by atoms with Gasteiger partial charge in [-0.25, -0.2) is 9.18 Å². The summed E-state index contributed by atoms with van der Waals surface area (Å²) in [6.45, 7) is 2.02. The van der Waals surface area contributed by atoms with E-state index in [1.807, 2.05) is 0 Å². The summed E-state index contributed by atoms with van der Waals surface area (Å²) < 4.78 is 14.1. The first-order valence-electron chi connectivity index (χ1n) is 7.29. The molecule has 1 saturated carbocycles. The summed E-state index contributed by atoms with van der Waals surface area (Å²) in [5.74, 6) is -1.78. The van der Waals surface area contributed by atoms with Gasteiger partial charge in [0.2, 0.25) is 0 Å². The van der Waals surface area contributed by atoms with E-state index in [0.29, 0.717) is 12.1 Å². The standard InChI is InChI=1S/C16H18FNO3/c1-9-4-2-7-12(13(9)17)15(19)18-8-10-5-3-6-11(10)14(18)16(20)21/h2,4,7,10-11,14H,3,5-6,8H2,1H3,(H,20,21). The van der Waals surface area contributed by atoms with Gasteiger partial charge < -0.3 is 10.0 Å². The highest BCUT2D eigenvalue weighted by Crippen LogP contribution is 2.42. The molecule has 1 aliphatic heterocycles. The third-order valence-electron chi connectivity index (χ3n) is 4.83. The van der Waals surface area contributed by atoms with E-state index in [1.54, 1.807) is 19.1 Å². The van der Waals surface area contributed by atoms with Crippen LogP contribution in [0.4, 0.5) is 4.39 Å². The van der Waals surface area contributed by atoms with Gasteiger partial charge in [0.25, 0.3) is 5.91 Å². The van der Waals surface area contributed by atoms with Crippen LogP contribution >= 0.6 is 0 Å². The van der Waals surface area contributed by atoms with Crippen LogP contribution in [-0.2, 0) is 4.79 Å². The number of hydrogen-bond acceptors (Lipinski definition) is 2. The fourth-order valence-electron chi connectivity index (χ4n) is 3.80. The Balaban J connectivity index is 1.93. The number of carboxylic acids is 1. The first-order valence-corrected chi connectivity index (χ1v) is 7.29. The summed E-state index contributed by atoms with van der Waals surface area (Å²) >= 11 is 0. The second kappa shape index (κ2) is 5.13. The van der Waals surface area contributed by atoms with Crippen molar-refractivity contribution in [3.05, 3.63) is 35.1 Å². The molecule has 3 atom stereocenters. The van der Waals surface area contributed by atoms with E-state index < -0.39 is 23.7 Å². The fraction of sp³-hybridized carbons (Fsp3) is 0.500. The summed E-state index contributed by atoms with van der Waals surface area (Å²) in [6.07, 6.45) is 2.80. The zero-order valence-corrected chi connectivity index (χ0v) is 11.9. The number of fused-ring (bicyclic) bond motifs is 1. The molecule has 1 aromatic carbocycles. The van der Waals surface area contributed by atoms with Crippen molar-refractivity contribution in [1.29, 1.82) is 0 Å². The molecule has 0 bridgehead atoms. The Labute approximate surface area is 122 Å². The Bertz CT molecular complexity index is 601. The number of carbonyl (C=O) groups excluding carboxylic acids is 1. The lowest BCUT2D eigenvalue weighted by Crippen LogP contribution is -2.43. The van der Waals surface area contributed by atoms with Crippen molar-refractivity contribution in [3.8, 4) is 0 Å². The zero-order valence-electron chi connectivity index (χ0n) is 11.9. The molecule has 2 fully saturated rings. The second-order valence-electron chi connectivity index (χ2n) is 6.03. The molecular weight excluding hydrogens is 273 g/mol. The summed E-state index contributed by atoms with van der Waals surface area (Å²) in [5, 5.41) is 9.46. The number of aliphatic carboxylic acids is 1. The Morgan fingerprint density at radius 2 is 2.10 bits per heavy atom. The van der Waals surface area contributed by atoms with Gasteiger partial charge in [-0.1, -0.05) is 18.6 Å². The van der Waals surface area contributed by atoms with Crippen LogP contribution in [0.1, 0.15) is 35.2 Å². The minimum atomic E-state index is -0.981. The van der Waals surface area contributed by atoms with Crippen LogP contribution in [0, 0.1) is 24.6 Å². The van der Waals surface area contributed by atoms with Crippen LogP contribution in [0.3, 0.4) is 0 Å². The molecule has 1 aliphatic carbocycles. The molecule has 1 aromatic rings. The number of amides is 1. The van der Waals surface area contributed by atoms with E-state index in [-0.39, 0.29) is 17.4 Å². The number of likely N-dealkylation sites (tertiary alicyclic amines) is 1. The fourth-order valence-corrected chi connectivity index (χ4v) is 3.80. The largest absolute Gasteiger partial charge is 0.480 e. The van der Waals surface area contributed by atoms with E-state index in [9.17, 15) is 19.1 Å². The average molecular weight is 291 g/mol. The molecule has 3 unspecified atom stereocenters. The van der Waals surface area contributed by atoms with Gasteiger partial charge in [0, 0.05) is 6.54 Å². The van der Waals surface area contributed by atoms with Crippen molar-refractivity contribution in [2.24, 2.45) is 11.8 Å². The van der Waals surface area contributed by atoms with E-state index in [4.69, 9.17) is 0 Å². The first kappa shape index (κ1) is 14.0. The molecule has 0 radical (unpaired) electrons. The lowest BCUT2D eigenvalue weighted by atomic mass is 9.94. The molecule has 3 rings (SSSR count). The molecule has 112 valence electrons. The molecule has 1 N–H and O–H groups in total. The monoisotopic (exact) mass is 291 g/mol. The normalized spacial score (nSPS) is 27.7.